The van der Waals surface area contributed by atoms with Gasteiger partial charge in [0.15, 0.2) is 11.6 Å². The van der Waals surface area contributed by atoms with Gasteiger partial charge >= 0.3 is 5.97 Å². The molecule has 0 atom stereocenters. The molecule has 3 N–H and O–H groups in total. The number of carboxylic acids is 1. The molecule has 3 rings (SSSR count). The lowest BCUT2D eigenvalue weighted by Gasteiger charge is -2.27. The zero-order valence-electron chi connectivity index (χ0n) is 16.8. The Morgan fingerprint density at radius 2 is 1.69 bits per heavy atom. The minimum Gasteiger partial charge on any atom is -0.487 e. The van der Waals surface area contributed by atoms with E-state index >= 15 is 0 Å². The van der Waals surface area contributed by atoms with Gasteiger partial charge in [0.25, 0.3) is 11.8 Å². The summed E-state index contributed by atoms with van der Waals surface area (Å²) in [5.74, 6) is -5.49. The van der Waals surface area contributed by atoms with E-state index in [1.54, 1.807) is 11.4 Å². The minimum atomic E-state index is -1.34. The van der Waals surface area contributed by atoms with Crippen molar-refractivity contribution in [1.82, 2.24) is 10.6 Å². The van der Waals surface area contributed by atoms with Crippen molar-refractivity contribution in [3.63, 3.8) is 0 Å². The van der Waals surface area contributed by atoms with Crippen molar-refractivity contribution in [3.05, 3.63) is 50.7 Å². The molecule has 2 amide bonds. The van der Waals surface area contributed by atoms with Crippen molar-refractivity contribution in [3.8, 4) is 5.75 Å². The number of amides is 2. The molecule has 1 heterocycles. The third kappa shape index (κ3) is 5.74. The maximum Gasteiger partial charge on any atom is 0.306 e. The van der Waals surface area contributed by atoms with Crippen LogP contribution in [0.15, 0.2) is 23.6 Å². The van der Waals surface area contributed by atoms with Crippen LogP contribution in [0, 0.1) is 17.6 Å². The Hall–Kier alpha value is -2.72. The predicted molar refractivity (Wildman–Crippen MR) is 114 cm³/mol. The molecule has 1 saturated carbocycles. The van der Waals surface area contributed by atoms with Crippen LogP contribution < -0.4 is 15.4 Å². The lowest BCUT2D eigenvalue weighted by atomic mass is 9.87. The number of hydrogen-bond acceptors (Lipinski definition) is 5. The molecule has 1 aliphatic carbocycles. The van der Waals surface area contributed by atoms with Crippen molar-refractivity contribution < 1.29 is 33.0 Å². The van der Waals surface area contributed by atoms with Crippen molar-refractivity contribution in [2.75, 3.05) is 13.1 Å². The van der Waals surface area contributed by atoms with Gasteiger partial charge in [-0.1, -0.05) is 11.6 Å². The second-order valence-electron chi connectivity index (χ2n) is 7.28. The molecule has 0 radical (unpaired) electrons. The molecule has 1 aromatic carbocycles. The van der Waals surface area contributed by atoms with Crippen LogP contribution in [0.3, 0.4) is 0 Å². The Bertz CT molecular complexity index is 1010. The van der Waals surface area contributed by atoms with Crippen LogP contribution in [0.2, 0.25) is 5.02 Å². The highest BCUT2D eigenvalue weighted by Gasteiger charge is 2.28. The average molecular weight is 487 g/mol. The molecule has 0 unspecified atom stereocenters. The number of aliphatic carboxylic acids is 1. The van der Waals surface area contributed by atoms with Gasteiger partial charge in [-0.05, 0) is 49.3 Å². The minimum absolute atomic E-state index is 0.000301. The summed E-state index contributed by atoms with van der Waals surface area (Å²) in [6.07, 6.45) is 1.23. The summed E-state index contributed by atoms with van der Waals surface area (Å²) in [5.41, 5.74) is -0.489. The first kappa shape index (κ1) is 23.9. The zero-order valence-corrected chi connectivity index (χ0v) is 18.4. The molecule has 1 aliphatic rings. The SMILES string of the molecule is O=C(NCCNC(=O)c1sccc1Cl)c1ccc(O[C@H]2CC[C@@H](C(=O)O)CC2)c(F)c1F. The van der Waals surface area contributed by atoms with Crippen LogP contribution in [0.1, 0.15) is 45.7 Å². The fourth-order valence-electron chi connectivity index (χ4n) is 3.39. The van der Waals surface area contributed by atoms with Gasteiger partial charge in [-0.15, -0.1) is 11.3 Å². The molecule has 0 saturated heterocycles. The monoisotopic (exact) mass is 486 g/mol. The standard InChI is InChI=1S/C21H21ClF2N2O5S/c22-14-7-10-32-18(14)20(28)26-9-8-25-19(27)13-5-6-15(17(24)16(13)23)31-12-3-1-11(2-4-12)21(29)30/h5-7,10-12H,1-4,8-9H2,(H,25,27)(H,26,28)(H,29,30)/t11-,12+. The highest BCUT2D eigenvalue weighted by molar-refractivity contribution is 7.12. The maximum absolute atomic E-state index is 14.4. The van der Waals surface area contributed by atoms with Crippen LogP contribution >= 0.6 is 22.9 Å². The molecule has 11 heteroatoms. The molecular weight excluding hydrogens is 466 g/mol. The summed E-state index contributed by atoms with van der Waals surface area (Å²) in [5, 5.41) is 16.0. The van der Waals surface area contributed by atoms with Gasteiger partial charge in [0.2, 0.25) is 5.82 Å². The lowest BCUT2D eigenvalue weighted by Crippen LogP contribution is -2.35. The van der Waals surface area contributed by atoms with Crippen molar-refractivity contribution in [2.24, 2.45) is 5.92 Å². The van der Waals surface area contributed by atoms with Crippen molar-refractivity contribution in [1.29, 1.82) is 0 Å². The summed E-state index contributed by atoms with van der Waals surface area (Å²) in [4.78, 5) is 35.5. The quantitative estimate of drug-likeness (QED) is 0.491. The topological polar surface area (TPSA) is 105 Å². The van der Waals surface area contributed by atoms with Crippen molar-refractivity contribution in [2.45, 2.75) is 31.8 Å². The van der Waals surface area contributed by atoms with Gasteiger partial charge in [0, 0.05) is 13.1 Å². The average Bonchev–Trinajstić information content (AvgIpc) is 3.20. The van der Waals surface area contributed by atoms with E-state index in [-0.39, 0.29) is 18.8 Å². The molecule has 2 aromatic rings. The fourth-order valence-corrected chi connectivity index (χ4v) is 4.45. The molecule has 1 aromatic heterocycles. The summed E-state index contributed by atoms with van der Waals surface area (Å²) in [6, 6.07) is 3.89. The Kier molecular flexibility index (Phi) is 8.03. The number of ether oxygens (including phenoxy) is 1. The van der Waals surface area contributed by atoms with Gasteiger partial charge in [-0.2, -0.15) is 4.39 Å². The van der Waals surface area contributed by atoms with E-state index in [1.807, 2.05) is 0 Å². The number of nitrogens with one attached hydrogen (secondary N) is 2. The van der Waals surface area contributed by atoms with Crippen LogP contribution in [-0.4, -0.2) is 42.1 Å². The Balaban J connectivity index is 1.50. The van der Waals surface area contributed by atoms with Crippen LogP contribution in [0.5, 0.6) is 5.75 Å². The van der Waals surface area contributed by atoms with E-state index < -0.39 is 47.0 Å². The summed E-state index contributed by atoms with van der Waals surface area (Å²) in [6.45, 7) is 0.0722. The third-order valence-electron chi connectivity index (χ3n) is 5.13. The number of carbonyl (C=O) groups is 3. The van der Waals surface area contributed by atoms with E-state index in [2.05, 4.69) is 10.6 Å². The van der Waals surface area contributed by atoms with Crippen LogP contribution in [0.4, 0.5) is 8.78 Å². The first-order valence-electron chi connectivity index (χ1n) is 9.94. The number of halogens is 3. The number of thiophene rings is 1. The molecule has 7 nitrogen and oxygen atoms in total. The summed E-state index contributed by atoms with van der Waals surface area (Å²) >= 11 is 7.05. The molecule has 0 spiro atoms. The second kappa shape index (κ2) is 10.7. The fraction of sp³-hybridized carbons (Fsp3) is 0.381. The number of rotatable bonds is 8. The van der Waals surface area contributed by atoms with Crippen LogP contribution in [0.25, 0.3) is 0 Å². The van der Waals surface area contributed by atoms with E-state index in [4.69, 9.17) is 21.4 Å². The predicted octanol–water partition coefficient (Wildman–Crippen LogP) is 3.86. The van der Waals surface area contributed by atoms with Gasteiger partial charge in [0.1, 0.15) is 4.88 Å². The third-order valence-corrected chi connectivity index (χ3v) is 6.47. The lowest BCUT2D eigenvalue weighted by molar-refractivity contribution is -0.143. The van der Waals surface area contributed by atoms with E-state index in [1.165, 1.54) is 17.4 Å². The number of carbonyl (C=O) groups excluding carboxylic acids is 2. The smallest absolute Gasteiger partial charge is 0.306 e. The number of hydrogen-bond donors (Lipinski definition) is 3. The molecule has 172 valence electrons. The van der Waals surface area contributed by atoms with Gasteiger partial charge in [0.05, 0.1) is 22.6 Å². The Morgan fingerprint density at radius 3 is 2.28 bits per heavy atom. The maximum atomic E-state index is 14.4. The first-order chi connectivity index (χ1) is 15.3. The first-order valence-corrected chi connectivity index (χ1v) is 11.2. The Labute approximate surface area is 191 Å². The largest absolute Gasteiger partial charge is 0.487 e. The van der Waals surface area contributed by atoms with E-state index in [0.717, 1.165) is 6.07 Å². The molecule has 32 heavy (non-hydrogen) atoms. The van der Waals surface area contributed by atoms with Gasteiger partial charge in [-0.25, -0.2) is 4.39 Å². The number of carboxylic acid groups (broad SMARTS) is 1. The highest BCUT2D eigenvalue weighted by atomic mass is 35.5. The molecule has 0 bridgehead atoms. The van der Waals surface area contributed by atoms with E-state index in [0.29, 0.717) is 35.6 Å². The summed E-state index contributed by atoms with van der Waals surface area (Å²) in [7, 11) is 0. The van der Waals surface area contributed by atoms with Gasteiger partial charge < -0.3 is 20.5 Å². The highest BCUT2D eigenvalue weighted by Crippen LogP contribution is 2.30. The molecule has 1 fully saturated rings. The Morgan fingerprint density at radius 1 is 1.03 bits per heavy atom. The zero-order chi connectivity index (χ0) is 23.3. The molecule has 0 aliphatic heterocycles. The van der Waals surface area contributed by atoms with Crippen LogP contribution in [-0.2, 0) is 4.79 Å². The summed E-state index contributed by atoms with van der Waals surface area (Å²) < 4.78 is 34.4. The molecular formula is C21H21ClF2N2O5S. The van der Waals surface area contributed by atoms with E-state index in [9.17, 15) is 23.2 Å². The van der Waals surface area contributed by atoms with Crippen molar-refractivity contribution >= 4 is 40.7 Å². The van der Waals surface area contributed by atoms with Gasteiger partial charge in [-0.3, -0.25) is 14.4 Å². The number of benzene rings is 1. The second-order valence-corrected chi connectivity index (χ2v) is 8.60. The normalized spacial score (nSPS) is 18.1.